The van der Waals surface area contributed by atoms with Crippen LogP contribution in [-0.2, 0) is 9.53 Å². The van der Waals surface area contributed by atoms with Gasteiger partial charge in [0.2, 0.25) is 0 Å². The highest BCUT2D eigenvalue weighted by molar-refractivity contribution is 5.73. The minimum absolute atomic E-state index is 0.0248. The molecule has 0 bridgehead atoms. The molecule has 2 fully saturated rings. The van der Waals surface area contributed by atoms with Gasteiger partial charge in [-0.05, 0) is 44.1 Å². The lowest BCUT2D eigenvalue weighted by Crippen LogP contribution is -2.31. The van der Waals surface area contributed by atoms with Gasteiger partial charge in [0, 0.05) is 6.54 Å². The average molecular weight is 225 g/mol. The lowest BCUT2D eigenvalue weighted by Gasteiger charge is -2.32. The molecule has 0 spiro atoms. The van der Waals surface area contributed by atoms with Crippen molar-refractivity contribution in [1.82, 2.24) is 5.32 Å². The van der Waals surface area contributed by atoms with Crippen LogP contribution >= 0.6 is 0 Å². The maximum atomic E-state index is 11.8. The molecule has 0 aromatic carbocycles. The molecule has 0 aromatic heterocycles. The van der Waals surface area contributed by atoms with E-state index in [9.17, 15) is 4.79 Å². The molecule has 4 unspecified atom stereocenters. The fourth-order valence-corrected chi connectivity index (χ4v) is 2.72. The van der Waals surface area contributed by atoms with Crippen molar-refractivity contribution in [1.29, 1.82) is 0 Å². The highest BCUT2D eigenvalue weighted by atomic mass is 16.5. The van der Waals surface area contributed by atoms with E-state index in [4.69, 9.17) is 4.74 Å². The van der Waals surface area contributed by atoms with Crippen LogP contribution in [0.3, 0.4) is 0 Å². The molecule has 0 amide bonds. The number of nitrogens with one attached hydrogen (secondary N) is 1. The minimum Gasteiger partial charge on any atom is -0.462 e. The number of carbonyl (C=O) groups is 1. The maximum Gasteiger partial charge on any atom is 0.310 e. The number of rotatable bonds is 2. The molecule has 3 heteroatoms. The lowest BCUT2D eigenvalue weighted by atomic mass is 9.80. The van der Waals surface area contributed by atoms with Crippen molar-refractivity contribution in [2.75, 3.05) is 13.1 Å². The standard InChI is InChI=1S/C13H23NO2/c1-9-3-4-12(7-10(9)2)16-13(15)11-5-6-14-8-11/h9-12,14H,3-8H2,1-2H3. The fraction of sp³-hybridized carbons (Fsp3) is 0.923. The Bertz CT molecular complexity index is 248. The smallest absolute Gasteiger partial charge is 0.310 e. The molecule has 2 aliphatic rings. The van der Waals surface area contributed by atoms with Gasteiger partial charge in [-0.3, -0.25) is 4.79 Å². The van der Waals surface area contributed by atoms with Crippen molar-refractivity contribution in [3.8, 4) is 0 Å². The first kappa shape index (κ1) is 11.9. The van der Waals surface area contributed by atoms with Gasteiger partial charge in [-0.25, -0.2) is 0 Å². The summed E-state index contributed by atoms with van der Waals surface area (Å²) in [7, 11) is 0. The molecule has 1 saturated carbocycles. The SMILES string of the molecule is CC1CCC(OC(=O)C2CCNC2)CC1C. The van der Waals surface area contributed by atoms with Gasteiger partial charge in [0.15, 0.2) is 0 Å². The quantitative estimate of drug-likeness (QED) is 0.730. The van der Waals surface area contributed by atoms with E-state index in [0.717, 1.165) is 38.3 Å². The Morgan fingerprint density at radius 2 is 2.00 bits per heavy atom. The van der Waals surface area contributed by atoms with Gasteiger partial charge in [0.1, 0.15) is 6.10 Å². The zero-order valence-electron chi connectivity index (χ0n) is 10.4. The summed E-state index contributed by atoms with van der Waals surface area (Å²) in [5.41, 5.74) is 0. The molecule has 92 valence electrons. The summed E-state index contributed by atoms with van der Waals surface area (Å²) in [5.74, 6) is 1.60. The second-order valence-electron chi connectivity index (χ2n) is 5.52. The molecule has 0 aromatic rings. The first-order valence-corrected chi connectivity index (χ1v) is 6.58. The molecule has 1 aliphatic carbocycles. The van der Waals surface area contributed by atoms with Crippen molar-refractivity contribution in [3.63, 3.8) is 0 Å². The van der Waals surface area contributed by atoms with Crippen LogP contribution in [0.15, 0.2) is 0 Å². The third kappa shape index (κ3) is 2.76. The van der Waals surface area contributed by atoms with E-state index in [0.29, 0.717) is 5.92 Å². The van der Waals surface area contributed by atoms with Crippen LogP contribution in [0.5, 0.6) is 0 Å². The summed E-state index contributed by atoms with van der Waals surface area (Å²) in [6.45, 7) is 6.32. The number of hydrogen-bond acceptors (Lipinski definition) is 3. The normalized spacial score (nSPS) is 39.6. The van der Waals surface area contributed by atoms with Gasteiger partial charge >= 0.3 is 5.97 Å². The number of ether oxygens (including phenoxy) is 1. The van der Waals surface area contributed by atoms with Gasteiger partial charge in [-0.2, -0.15) is 0 Å². The first-order chi connectivity index (χ1) is 7.66. The maximum absolute atomic E-state index is 11.8. The van der Waals surface area contributed by atoms with Crippen molar-refractivity contribution >= 4 is 5.97 Å². The number of esters is 1. The molecule has 2 rings (SSSR count). The molecule has 0 radical (unpaired) electrons. The molecule has 4 atom stereocenters. The van der Waals surface area contributed by atoms with Crippen LogP contribution in [-0.4, -0.2) is 25.2 Å². The number of carbonyl (C=O) groups excluding carboxylic acids is 1. The van der Waals surface area contributed by atoms with Crippen LogP contribution in [0.1, 0.15) is 39.5 Å². The molecular weight excluding hydrogens is 202 g/mol. The van der Waals surface area contributed by atoms with Gasteiger partial charge in [0.25, 0.3) is 0 Å². The van der Waals surface area contributed by atoms with E-state index in [1.165, 1.54) is 6.42 Å². The topological polar surface area (TPSA) is 38.3 Å². The Morgan fingerprint density at radius 1 is 1.19 bits per heavy atom. The largest absolute Gasteiger partial charge is 0.462 e. The van der Waals surface area contributed by atoms with Gasteiger partial charge < -0.3 is 10.1 Å². The summed E-state index contributed by atoms with van der Waals surface area (Å²) in [6, 6.07) is 0. The Hall–Kier alpha value is -0.570. The second-order valence-corrected chi connectivity index (χ2v) is 5.52. The molecular formula is C13H23NO2. The van der Waals surface area contributed by atoms with Gasteiger partial charge in [0.05, 0.1) is 5.92 Å². The Labute approximate surface area is 97.9 Å². The van der Waals surface area contributed by atoms with Crippen LogP contribution in [0.25, 0.3) is 0 Å². The molecule has 16 heavy (non-hydrogen) atoms. The monoisotopic (exact) mass is 225 g/mol. The first-order valence-electron chi connectivity index (χ1n) is 6.58. The van der Waals surface area contributed by atoms with E-state index < -0.39 is 0 Å². The van der Waals surface area contributed by atoms with E-state index >= 15 is 0 Å². The summed E-state index contributed by atoms with van der Waals surface area (Å²) >= 11 is 0. The zero-order valence-corrected chi connectivity index (χ0v) is 10.4. The van der Waals surface area contributed by atoms with Crippen LogP contribution in [0, 0.1) is 17.8 Å². The van der Waals surface area contributed by atoms with Crippen molar-refractivity contribution in [2.24, 2.45) is 17.8 Å². The third-order valence-corrected chi connectivity index (χ3v) is 4.23. The molecule has 1 aliphatic heterocycles. The zero-order chi connectivity index (χ0) is 11.5. The van der Waals surface area contributed by atoms with Crippen molar-refractivity contribution in [2.45, 2.75) is 45.6 Å². The summed E-state index contributed by atoms with van der Waals surface area (Å²) in [5, 5.41) is 3.21. The lowest BCUT2D eigenvalue weighted by molar-refractivity contribution is -0.156. The molecule has 1 N–H and O–H groups in total. The predicted molar refractivity (Wildman–Crippen MR) is 63.0 cm³/mol. The highest BCUT2D eigenvalue weighted by Crippen LogP contribution is 2.31. The van der Waals surface area contributed by atoms with Gasteiger partial charge in [-0.15, -0.1) is 0 Å². The number of hydrogen-bond donors (Lipinski definition) is 1. The Morgan fingerprint density at radius 3 is 2.62 bits per heavy atom. The third-order valence-electron chi connectivity index (χ3n) is 4.23. The van der Waals surface area contributed by atoms with Crippen LogP contribution in [0.4, 0.5) is 0 Å². The van der Waals surface area contributed by atoms with Crippen LogP contribution in [0.2, 0.25) is 0 Å². The summed E-state index contributed by atoms with van der Waals surface area (Å²) in [4.78, 5) is 11.8. The van der Waals surface area contributed by atoms with E-state index in [-0.39, 0.29) is 18.0 Å². The Balaban J connectivity index is 1.78. The van der Waals surface area contributed by atoms with Crippen molar-refractivity contribution < 1.29 is 9.53 Å². The molecule has 1 heterocycles. The molecule has 3 nitrogen and oxygen atoms in total. The van der Waals surface area contributed by atoms with Crippen LogP contribution < -0.4 is 5.32 Å². The second kappa shape index (κ2) is 5.17. The van der Waals surface area contributed by atoms with Crippen molar-refractivity contribution in [3.05, 3.63) is 0 Å². The van der Waals surface area contributed by atoms with E-state index in [1.807, 2.05) is 0 Å². The summed E-state index contributed by atoms with van der Waals surface area (Å²) in [6.07, 6.45) is 4.42. The average Bonchev–Trinajstić information content (AvgIpc) is 2.77. The highest BCUT2D eigenvalue weighted by Gasteiger charge is 2.30. The van der Waals surface area contributed by atoms with E-state index in [1.54, 1.807) is 0 Å². The minimum atomic E-state index is 0.0248. The molecule has 1 saturated heterocycles. The van der Waals surface area contributed by atoms with E-state index in [2.05, 4.69) is 19.2 Å². The van der Waals surface area contributed by atoms with Gasteiger partial charge in [-0.1, -0.05) is 13.8 Å². The predicted octanol–water partition coefficient (Wildman–Crippen LogP) is 1.96. The Kier molecular flexibility index (Phi) is 3.85. The fourth-order valence-electron chi connectivity index (χ4n) is 2.72. The summed E-state index contributed by atoms with van der Waals surface area (Å²) < 4.78 is 5.62.